The summed E-state index contributed by atoms with van der Waals surface area (Å²) < 4.78 is 11.3. The molecule has 8 heteroatoms. The Labute approximate surface area is 209 Å². The molecule has 0 radical (unpaired) electrons. The number of amides is 3. The molecule has 2 saturated heterocycles. The van der Waals surface area contributed by atoms with Gasteiger partial charge >= 0.3 is 5.97 Å². The summed E-state index contributed by atoms with van der Waals surface area (Å²) in [7, 11) is 0. The molecule has 0 aromatic heterocycles. The van der Waals surface area contributed by atoms with Gasteiger partial charge in [-0.3, -0.25) is 19.2 Å². The summed E-state index contributed by atoms with van der Waals surface area (Å²) in [6, 6.07) is 13.8. The second-order valence-corrected chi connectivity index (χ2v) is 10.1. The van der Waals surface area contributed by atoms with Crippen molar-refractivity contribution in [1.82, 2.24) is 0 Å². The van der Waals surface area contributed by atoms with Gasteiger partial charge in [0.25, 0.3) is 0 Å². The number of fused-ring (bicyclic) bond motifs is 5. The predicted molar refractivity (Wildman–Crippen MR) is 130 cm³/mol. The van der Waals surface area contributed by atoms with Crippen LogP contribution in [0.4, 0.5) is 11.4 Å². The minimum absolute atomic E-state index is 0.0359. The molecule has 8 nitrogen and oxygen atoms in total. The highest BCUT2D eigenvalue weighted by Gasteiger charge is 2.61. The van der Waals surface area contributed by atoms with Crippen LogP contribution in [0.2, 0.25) is 0 Å². The first-order chi connectivity index (χ1) is 17.5. The number of benzene rings is 2. The number of hydrogen-bond acceptors (Lipinski definition) is 6. The highest BCUT2D eigenvalue weighted by Crippen LogP contribution is 2.56. The number of nitrogens with zero attached hydrogens (tertiary/aromatic N) is 2. The van der Waals surface area contributed by atoms with Crippen LogP contribution in [0.1, 0.15) is 32.6 Å². The first kappa shape index (κ1) is 22.8. The van der Waals surface area contributed by atoms with E-state index in [0.717, 1.165) is 19.3 Å². The minimum Gasteiger partial charge on any atom is -0.492 e. The molecule has 36 heavy (non-hydrogen) atoms. The van der Waals surface area contributed by atoms with Crippen molar-refractivity contribution in [3.63, 3.8) is 0 Å². The van der Waals surface area contributed by atoms with E-state index >= 15 is 0 Å². The maximum absolute atomic E-state index is 13.2. The number of anilines is 2. The molecule has 2 aromatic carbocycles. The lowest BCUT2D eigenvalue weighted by atomic mass is 9.81. The Balaban J connectivity index is 1.16. The first-order valence-electron chi connectivity index (χ1n) is 12.7. The smallest absolute Gasteiger partial charge is 0.316 e. The largest absolute Gasteiger partial charge is 0.492 e. The van der Waals surface area contributed by atoms with Crippen molar-refractivity contribution >= 4 is 35.1 Å². The van der Waals surface area contributed by atoms with Gasteiger partial charge in [0.2, 0.25) is 17.7 Å². The Hall–Kier alpha value is -3.68. The molecule has 2 heterocycles. The molecular weight excluding hydrogens is 460 g/mol. The molecule has 2 aliphatic heterocycles. The molecule has 4 fully saturated rings. The van der Waals surface area contributed by atoms with E-state index in [1.807, 2.05) is 19.1 Å². The summed E-state index contributed by atoms with van der Waals surface area (Å²) in [6.45, 7) is 2.53. The molecule has 4 aliphatic rings. The lowest BCUT2D eigenvalue weighted by Crippen LogP contribution is -2.32. The Bertz CT molecular complexity index is 1230. The summed E-state index contributed by atoms with van der Waals surface area (Å²) >= 11 is 0. The van der Waals surface area contributed by atoms with Gasteiger partial charge in [0, 0.05) is 19.0 Å². The second-order valence-electron chi connectivity index (χ2n) is 10.1. The molecule has 2 aliphatic carbocycles. The van der Waals surface area contributed by atoms with Crippen molar-refractivity contribution in [2.75, 3.05) is 23.0 Å². The van der Waals surface area contributed by atoms with Gasteiger partial charge in [-0.1, -0.05) is 18.2 Å². The van der Waals surface area contributed by atoms with Crippen molar-refractivity contribution in [3.05, 3.63) is 48.5 Å². The zero-order valence-electron chi connectivity index (χ0n) is 20.1. The average Bonchev–Trinajstić information content (AvgIpc) is 3.63. The van der Waals surface area contributed by atoms with Crippen LogP contribution >= 0.6 is 0 Å². The van der Waals surface area contributed by atoms with Crippen LogP contribution in [0, 0.1) is 29.6 Å². The summed E-state index contributed by atoms with van der Waals surface area (Å²) in [5, 5.41) is 0. The van der Waals surface area contributed by atoms with Crippen LogP contribution in [0.5, 0.6) is 11.5 Å². The third-order valence-electron chi connectivity index (χ3n) is 8.14. The fourth-order valence-corrected chi connectivity index (χ4v) is 6.60. The van der Waals surface area contributed by atoms with Crippen molar-refractivity contribution in [1.29, 1.82) is 0 Å². The third kappa shape index (κ3) is 3.58. The van der Waals surface area contributed by atoms with E-state index in [1.165, 1.54) is 4.90 Å². The quantitative estimate of drug-likeness (QED) is 0.351. The zero-order chi connectivity index (χ0) is 25.0. The van der Waals surface area contributed by atoms with Gasteiger partial charge in [0.15, 0.2) is 0 Å². The van der Waals surface area contributed by atoms with Crippen molar-refractivity contribution in [2.45, 2.75) is 32.6 Å². The number of para-hydroxylation sites is 2. The Kier molecular flexibility index (Phi) is 5.54. The van der Waals surface area contributed by atoms with E-state index in [-0.39, 0.29) is 48.3 Å². The van der Waals surface area contributed by atoms with Crippen LogP contribution < -0.4 is 19.3 Å². The molecule has 2 saturated carbocycles. The second kappa shape index (κ2) is 8.76. The Morgan fingerprint density at radius 1 is 0.972 bits per heavy atom. The summed E-state index contributed by atoms with van der Waals surface area (Å²) in [5.74, 6) is -0.575. The summed E-state index contributed by atoms with van der Waals surface area (Å²) in [6.07, 6.45) is 3.05. The molecule has 0 spiro atoms. The van der Waals surface area contributed by atoms with Gasteiger partial charge in [-0.25, -0.2) is 4.90 Å². The van der Waals surface area contributed by atoms with Crippen LogP contribution in [0.3, 0.4) is 0 Å². The summed E-state index contributed by atoms with van der Waals surface area (Å²) in [5.41, 5.74) is 1.06. The molecule has 0 unspecified atom stereocenters. The molecule has 6 rings (SSSR count). The van der Waals surface area contributed by atoms with E-state index in [9.17, 15) is 19.2 Å². The van der Waals surface area contributed by atoms with E-state index in [0.29, 0.717) is 35.6 Å². The molecule has 3 amide bonds. The Morgan fingerprint density at radius 3 is 2.42 bits per heavy atom. The van der Waals surface area contributed by atoms with Crippen molar-refractivity contribution in [2.24, 2.45) is 29.6 Å². The number of imide groups is 1. The molecule has 0 N–H and O–H groups in total. The number of hydrogen-bond donors (Lipinski definition) is 0. The van der Waals surface area contributed by atoms with Gasteiger partial charge in [0.1, 0.15) is 11.5 Å². The number of esters is 1. The monoisotopic (exact) mass is 488 g/mol. The third-order valence-corrected chi connectivity index (χ3v) is 8.14. The van der Waals surface area contributed by atoms with Crippen LogP contribution in [-0.2, 0) is 19.2 Å². The van der Waals surface area contributed by atoms with Gasteiger partial charge in [0.05, 0.1) is 35.7 Å². The minimum atomic E-state index is -0.638. The van der Waals surface area contributed by atoms with Gasteiger partial charge in [-0.05, 0) is 62.3 Å². The highest BCUT2D eigenvalue weighted by molar-refractivity contribution is 6.22. The zero-order valence-corrected chi connectivity index (χ0v) is 20.1. The molecule has 5 atom stereocenters. The molecule has 2 bridgehead atoms. The standard InChI is InChI=1S/C28H28N2O6/c1-2-35-22-9-4-3-8-21(22)29-15-18(13-23(29)31)28(34)36-20-7-5-6-19(14-20)30-26(32)24-16-10-11-17(12-16)25(24)27(30)33/h3-9,14,16-18,24-25H,2,10-13,15H2,1H3/t16-,17-,18+,24-,25-/m0/s1. The van der Waals surface area contributed by atoms with E-state index in [2.05, 4.69) is 0 Å². The Morgan fingerprint density at radius 2 is 1.69 bits per heavy atom. The lowest BCUT2D eigenvalue weighted by molar-refractivity contribution is -0.139. The average molecular weight is 489 g/mol. The maximum atomic E-state index is 13.2. The first-order valence-corrected chi connectivity index (χ1v) is 12.7. The van der Waals surface area contributed by atoms with Crippen molar-refractivity contribution < 1.29 is 28.7 Å². The SMILES string of the molecule is CCOc1ccccc1N1C[C@H](C(=O)Oc2cccc(N3C(=O)[C@H]4[C@H]5CC[C@@H](C5)[C@@H]4C3=O)c2)CC1=O. The van der Waals surface area contributed by atoms with E-state index in [4.69, 9.17) is 9.47 Å². The fraction of sp³-hybridized carbons (Fsp3) is 0.429. The molecule has 2 aromatic rings. The number of rotatable bonds is 6. The van der Waals surface area contributed by atoms with Gasteiger partial charge < -0.3 is 14.4 Å². The van der Waals surface area contributed by atoms with Crippen molar-refractivity contribution in [3.8, 4) is 11.5 Å². The van der Waals surface area contributed by atoms with Gasteiger partial charge in [-0.15, -0.1) is 0 Å². The van der Waals surface area contributed by atoms with Crippen LogP contribution in [0.15, 0.2) is 48.5 Å². The molecule has 186 valence electrons. The molecular formula is C28H28N2O6. The van der Waals surface area contributed by atoms with Gasteiger partial charge in [-0.2, -0.15) is 0 Å². The van der Waals surface area contributed by atoms with E-state index in [1.54, 1.807) is 41.3 Å². The van der Waals surface area contributed by atoms with Crippen LogP contribution in [-0.4, -0.2) is 36.8 Å². The number of carbonyl (C=O) groups excluding carboxylic acids is 4. The number of ether oxygens (including phenoxy) is 2. The normalized spacial score (nSPS) is 28.7. The maximum Gasteiger partial charge on any atom is 0.316 e. The van der Waals surface area contributed by atoms with Crippen LogP contribution in [0.25, 0.3) is 0 Å². The highest BCUT2D eigenvalue weighted by atomic mass is 16.5. The fourth-order valence-electron chi connectivity index (χ4n) is 6.60. The van der Waals surface area contributed by atoms with E-state index < -0.39 is 11.9 Å². The topological polar surface area (TPSA) is 93.2 Å². The number of carbonyl (C=O) groups is 4. The summed E-state index contributed by atoms with van der Waals surface area (Å²) in [4.78, 5) is 54.9. The lowest BCUT2D eigenvalue weighted by Gasteiger charge is -2.20. The predicted octanol–water partition coefficient (Wildman–Crippen LogP) is 3.58.